The molecule has 1 fully saturated rings. The number of morpholine rings is 1. The van der Waals surface area contributed by atoms with E-state index in [9.17, 15) is 21.6 Å². The van der Waals surface area contributed by atoms with Crippen molar-refractivity contribution in [3.8, 4) is 0 Å². The number of carbonyl (C=O) groups is 1. The highest BCUT2D eigenvalue weighted by Crippen LogP contribution is 2.18. The van der Waals surface area contributed by atoms with Crippen LogP contribution in [0, 0.1) is 0 Å². The number of rotatable bonds is 8. The summed E-state index contributed by atoms with van der Waals surface area (Å²) < 4.78 is 59.0. The minimum Gasteiger partial charge on any atom is -0.379 e. The van der Waals surface area contributed by atoms with Crippen molar-refractivity contribution in [1.29, 1.82) is 0 Å². The lowest BCUT2D eigenvalue weighted by molar-refractivity contribution is -0.122. The minimum atomic E-state index is -3.89. The van der Waals surface area contributed by atoms with E-state index in [1.807, 2.05) is 0 Å². The predicted molar refractivity (Wildman–Crippen MR) is 119 cm³/mol. The molecule has 0 radical (unpaired) electrons. The van der Waals surface area contributed by atoms with Crippen molar-refractivity contribution in [2.24, 2.45) is 0 Å². The Labute approximate surface area is 192 Å². The molecule has 9 nitrogen and oxygen atoms in total. The Kier molecular flexibility index (Phi) is 7.91. The number of halogens is 1. The largest absolute Gasteiger partial charge is 0.379 e. The van der Waals surface area contributed by atoms with Gasteiger partial charge in [-0.05, 0) is 48.9 Å². The molecule has 3 rings (SSSR count). The van der Waals surface area contributed by atoms with E-state index in [4.69, 9.17) is 16.3 Å². The maximum atomic E-state index is 12.7. The minimum absolute atomic E-state index is 0.00128. The number of sulfonamides is 2. The van der Waals surface area contributed by atoms with Crippen molar-refractivity contribution in [3.63, 3.8) is 0 Å². The van der Waals surface area contributed by atoms with E-state index in [1.54, 1.807) is 12.1 Å². The second-order valence-electron chi connectivity index (χ2n) is 7.18. The van der Waals surface area contributed by atoms with E-state index in [1.165, 1.54) is 47.6 Å². The number of hydrogen-bond acceptors (Lipinski definition) is 6. The lowest BCUT2D eigenvalue weighted by Crippen LogP contribution is -2.44. The molecule has 0 bridgehead atoms. The topological polar surface area (TPSA) is 122 Å². The van der Waals surface area contributed by atoms with E-state index in [0.29, 0.717) is 36.9 Å². The highest BCUT2D eigenvalue weighted by Gasteiger charge is 2.26. The standard InChI is InChI=1S/C20H24ClN3O6S2/c1-15(23-31(26,27)18-8-4-17(21)5-9-18)20(25)22-14-16-2-6-19(7-3-16)32(28,29)24-10-12-30-13-11-24/h2-9,15,23H,10-14H2,1H3,(H,22,25). The molecule has 1 aliphatic heterocycles. The Hall–Kier alpha value is -2.02. The van der Waals surface area contributed by atoms with Crippen molar-refractivity contribution in [2.45, 2.75) is 29.3 Å². The molecule has 2 aromatic carbocycles. The Morgan fingerprint density at radius 2 is 1.56 bits per heavy atom. The van der Waals surface area contributed by atoms with Crippen LogP contribution in [0.4, 0.5) is 0 Å². The van der Waals surface area contributed by atoms with Crippen molar-refractivity contribution in [1.82, 2.24) is 14.3 Å². The monoisotopic (exact) mass is 501 g/mol. The highest BCUT2D eigenvalue weighted by molar-refractivity contribution is 7.89. The Morgan fingerprint density at radius 1 is 1.00 bits per heavy atom. The molecule has 1 atom stereocenters. The molecule has 0 spiro atoms. The molecule has 1 aliphatic rings. The molecule has 2 N–H and O–H groups in total. The number of nitrogens with one attached hydrogen (secondary N) is 2. The molecule has 1 heterocycles. The van der Waals surface area contributed by atoms with Crippen molar-refractivity contribution < 1.29 is 26.4 Å². The maximum absolute atomic E-state index is 12.7. The van der Waals surface area contributed by atoms with Crippen LogP contribution in [0.2, 0.25) is 5.02 Å². The molecule has 32 heavy (non-hydrogen) atoms. The molecule has 12 heteroatoms. The van der Waals surface area contributed by atoms with Gasteiger partial charge in [0, 0.05) is 24.7 Å². The third-order valence-corrected chi connectivity index (χ3v) is 8.57. The van der Waals surface area contributed by atoms with Gasteiger partial charge in [-0.1, -0.05) is 23.7 Å². The first kappa shape index (κ1) is 24.6. The van der Waals surface area contributed by atoms with Crippen molar-refractivity contribution in [2.75, 3.05) is 26.3 Å². The van der Waals surface area contributed by atoms with Crippen LogP contribution in [0.25, 0.3) is 0 Å². The smallest absolute Gasteiger partial charge is 0.243 e. The Balaban J connectivity index is 1.56. The van der Waals surface area contributed by atoms with E-state index in [-0.39, 0.29) is 16.3 Å². The van der Waals surface area contributed by atoms with Gasteiger partial charge in [0.15, 0.2) is 0 Å². The fourth-order valence-corrected chi connectivity index (χ4v) is 5.76. The van der Waals surface area contributed by atoms with Crippen LogP contribution in [-0.2, 0) is 36.1 Å². The molecule has 2 aromatic rings. The van der Waals surface area contributed by atoms with E-state index >= 15 is 0 Å². The van der Waals surface area contributed by atoms with E-state index < -0.39 is 32.0 Å². The van der Waals surface area contributed by atoms with Gasteiger partial charge >= 0.3 is 0 Å². The van der Waals surface area contributed by atoms with Crippen molar-refractivity contribution in [3.05, 3.63) is 59.1 Å². The van der Waals surface area contributed by atoms with Crippen LogP contribution < -0.4 is 10.0 Å². The summed E-state index contributed by atoms with van der Waals surface area (Å²) in [7, 11) is -7.48. The van der Waals surface area contributed by atoms with E-state index in [0.717, 1.165) is 0 Å². The first-order valence-electron chi connectivity index (χ1n) is 9.82. The zero-order chi connectivity index (χ0) is 23.4. The molecule has 0 aromatic heterocycles. The van der Waals surface area contributed by atoms with Gasteiger partial charge in [0.2, 0.25) is 26.0 Å². The summed E-state index contributed by atoms with van der Waals surface area (Å²) in [6, 6.07) is 10.8. The fraction of sp³-hybridized carbons (Fsp3) is 0.350. The van der Waals surface area contributed by atoms with Gasteiger partial charge in [-0.3, -0.25) is 4.79 Å². The second-order valence-corrected chi connectivity index (χ2v) is 11.3. The first-order chi connectivity index (χ1) is 15.1. The molecular weight excluding hydrogens is 478 g/mol. The lowest BCUT2D eigenvalue weighted by Gasteiger charge is -2.26. The Morgan fingerprint density at radius 3 is 2.16 bits per heavy atom. The van der Waals surface area contributed by atoms with Crippen LogP contribution in [-0.4, -0.2) is 59.4 Å². The molecule has 0 aliphatic carbocycles. The summed E-state index contributed by atoms with van der Waals surface area (Å²) in [6.45, 7) is 2.89. The Bertz CT molecular complexity index is 1150. The third-order valence-electron chi connectivity index (χ3n) is 4.85. The number of hydrogen-bond donors (Lipinski definition) is 2. The lowest BCUT2D eigenvalue weighted by atomic mass is 10.2. The van der Waals surface area contributed by atoms with Gasteiger partial charge in [-0.2, -0.15) is 9.03 Å². The summed E-state index contributed by atoms with van der Waals surface area (Å²) in [5.74, 6) is -0.521. The van der Waals surface area contributed by atoms with Crippen LogP contribution in [0.15, 0.2) is 58.3 Å². The average Bonchev–Trinajstić information content (AvgIpc) is 2.78. The zero-order valence-electron chi connectivity index (χ0n) is 17.3. The summed E-state index contributed by atoms with van der Waals surface area (Å²) in [5.41, 5.74) is 0.673. The predicted octanol–water partition coefficient (Wildman–Crippen LogP) is 1.34. The van der Waals surface area contributed by atoms with E-state index in [2.05, 4.69) is 10.0 Å². The summed E-state index contributed by atoms with van der Waals surface area (Å²) in [4.78, 5) is 12.5. The van der Waals surface area contributed by atoms with Gasteiger partial charge in [-0.15, -0.1) is 0 Å². The SMILES string of the molecule is CC(NS(=O)(=O)c1ccc(Cl)cc1)C(=O)NCc1ccc(S(=O)(=O)N2CCOCC2)cc1. The van der Waals surface area contributed by atoms with Crippen LogP contribution in [0.3, 0.4) is 0 Å². The highest BCUT2D eigenvalue weighted by atomic mass is 35.5. The summed E-state index contributed by atoms with van der Waals surface area (Å²) >= 11 is 5.77. The summed E-state index contributed by atoms with van der Waals surface area (Å²) in [5, 5.41) is 3.04. The van der Waals surface area contributed by atoms with Gasteiger partial charge in [-0.25, -0.2) is 16.8 Å². The molecular formula is C20H24ClN3O6S2. The normalized spacial score (nSPS) is 16.4. The third kappa shape index (κ3) is 6.06. The van der Waals surface area contributed by atoms with Gasteiger partial charge in [0.25, 0.3) is 0 Å². The zero-order valence-corrected chi connectivity index (χ0v) is 19.7. The van der Waals surface area contributed by atoms with Crippen LogP contribution >= 0.6 is 11.6 Å². The van der Waals surface area contributed by atoms with Crippen LogP contribution in [0.1, 0.15) is 12.5 Å². The average molecular weight is 502 g/mol. The first-order valence-corrected chi connectivity index (χ1v) is 13.1. The van der Waals surface area contributed by atoms with Gasteiger partial charge < -0.3 is 10.1 Å². The quantitative estimate of drug-likeness (QED) is 0.563. The molecule has 0 saturated carbocycles. The van der Waals surface area contributed by atoms with Crippen molar-refractivity contribution >= 4 is 37.6 Å². The second kappa shape index (κ2) is 10.3. The molecule has 1 amide bonds. The number of benzene rings is 2. The number of nitrogens with zero attached hydrogens (tertiary/aromatic N) is 1. The van der Waals surface area contributed by atoms with Gasteiger partial charge in [0.1, 0.15) is 0 Å². The molecule has 1 saturated heterocycles. The number of amides is 1. The van der Waals surface area contributed by atoms with Crippen LogP contribution in [0.5, 0.6) is 0 Å². The fourth-order valence-electron chi connectivity index (χ4n) is 3.03. The van der Waals surface area contributed by atoms with Gasteiger partial charge in [0.05, 0.1) is 29.0 Å². The number of carbonyl (C=O) groups excluding carboxylic acids is 1. The molecule has 174 valence electrons. The maximum Gasteiger partial charge on any atom is 0.243 e. The molecule has 1 unspecified atom stereocenters. The number of ether oxygens (including phenoxy) is 1. The summed E-state index contributed by atoms with van der Waals surface area (Å²) in [6.07, 6.45) is 0.